The second-order valence-corrected chi connectivity index (χ2v) is 6.13. The quantitative estimate of drug-likeness (QED) is 0.756. The SMILES string of the molecule is CCCC(NC)C(CC)Sc1cc(C)cc(C)n1. The number of hydrogen-bond acceptors (Lipinski definition) is 3. The van der Waals surface area contributed by atoms with Crippen molar-refractivity contribution in [1.82, 2.24) is 10.3 Å². The molecule has 0 radical (unpaired) electrons. The first kappa shape index (κ1) is 15.5. The van der Waals surface area contributed by atoms with Crippen molar-refractivity contribution in [3.63, 3.8) is 0 Å². The van der Waals surface area contributed by atoms with Gasteiger partial charge in [-0.1, -0.05) is 20.3 Å². The molecule has 0 aliphatic rings. The van der Waals surface area contributed by atoms with Crippen molar-refractivity contribution in [2.45, 2.75) is 63.3 Å². The van der Waals surface area contributed by atoms with Gasteiger partial charge >= 0.3 is 0 Å². The maximum Gasteiger partial charge on any atom is 0.0968 e. The van der Waals surface area contributed by atoms with E-state index in [0.29, 0.717) is 11.3 Å². The van der Waals surface area contributed by atoms with Crippen LogP contribution in [0.4, 0.5) is 0 Å². The maximum absolute atomic E-state index is 4.63. The highest BCUT2D eigenvalue weighted by Gasteiger charge is 2.19. The van der Waals surface area contributed by atoms with E-state index in [4.69, 9.17) is 0 Å². The van der Waals surface area contributed by atoms with E-state index in [-0.39, 0.29) is 0 Å². The standard InChI is InChI=1S/C15H26N2S/c1-6-8-13(16-5)14(7-2)18-15-10-11(3)9-12(4)17-15/h9-10,13-14,16H,6-8H2,1-5H3. The van der Waals surface area contributed by atoms with E-state index >= 15 is 0 Å². The molecule has 2 atom stereocenters. The molecule has 0 spiro atoms. The number of nitrogens with zero attached hydrogens (tertiary/aromatic N) is 1. The van der Waals surface area contributed by atoms with E-state index in [1.54, 1.807) is 0 Å². The molecule has 102 valence electrons. The van der Waals surface area contributed by atoms with E-state index in [1.807, 2.05) is 11.8 Å². The van der Waals surface area contributed by atoms with Gasteiger partial charge in [0.25, 0.3) is 0 Å². The molecule has 3 heteroatoms. The minimum atomic E-state index is 0.576. The topological polar surface area (TPSA) is 24.9 Å². The molecule has 0 aliphatic heterocycles. The van der Waals surface area contributed by atoms with Crippen LogP contribution in [-0.2, 0) is 0 Å². The van der Waals surface area contributed by atoms with Crippen molar-refractivity contribution in [2.24, 2.45) is 0 Å². The monoisotopic (exact) mass is 266 g/mol. The third-order valence-corrected chi connectivity index (χ3v) is 4.58. The van der Waals surface area contributed by atoms with Gasteiger partial charge in [-0.15, -0.1) is 11.8 Å². The number of thioether (sulfide) groups is 1. The molecule has 1 N–H and O–H groups in total. The van der Waals surface area contributed by atoms with E-state index in [2.05, 4.69) is 57.2 Å². The van der Waals surface area contributed by atoms with Gasteiger partial charge in [-0.2, -0.15) is 0 Å². The third-order valence-electron chi connectivity index (χ3n) is 3.17. The number of hydrogen-bond donors (Lipinski definition) is 1. The molecule has 2 nitrogen and oxygen atoms in total. The Morgan fingerprint density at radius 1 is 1.28 bits per heavy atom. The summed E-state index contributed by atoms with van der Waals surface area (Å²) >= 11 is 1.92. The molecule has 0 aliphatic carbocycles. The minimum absolute atomic E-state index is 0.576. The van der Waals surface area contributed by atoms with Gasteiger partial charge in [0.1, 0.15) is 0 Å². The Hall–Kier alpha value is -0.540. The highest BCUT2D eigenvalue weighted by molar-refractivity contribution is 7.99. The third kappa shape index (κ3) is 4.62. The average molecular weight is 266 g/mol. The van der Waals surface area contributed by atoms with Gasteiger partial charge in [-0.25, -0.2) is 4.98 Å². The summed E-state index contributed by atoms with van der Waals surface area (Å²) < 4.78 is 0. The van der Waals surface area contributed by atoms with E-state index < -0.39 is 0 Å². The van der Waals surface area contributed by atoms with Crippen LogP contribution in [0.5, 0.6) is 0 Å². The number of rotatable bonds is 7. The summed E-state index contributed by atoms with van der Waals surface area (Å²) in [5, 5.41) is 5.22. The summed E-state index contributed by atoms with van der Waals surface area (Å²) in [7, 11) is 2.07. The second-order valence-electron chi connectivity index (χ2n) is 4.87. The summed E-state index contributed by atoms with van der Waals surface area (Å²) in [6.45, 7) is 8.72. The molecular formula is C15H26N2S. The molecule has 0 saturated carbocycles. The highest BCUT2D eigenvalue weighted by Crippen LogP contribution is 2.28. The summed E-state index contributed by atoms with van der Waals surface area (Å²) in [6, 6.07) is 4.90. The smallest absolute Gasteiger partial charge is 0.0968 e. The lowest BCUT2D eigenvalue weighted by atomic mass is 10.1. The van der Waals surface area contributed by atoms with Crippen LogP contribution in [0, 0.1) is 13.8 Å². The maximum atomic E-state index is 4.63. The number of aromatic nitrogens is 1. The van der Waals surface area contributed by atoms with Crippen LogP contribution in [-0.4, -0.2) is 23.3 Å². The number of nitrogens with one attached hydrogen (secondary N) is 1. The molecule has 18 heavy (non-hydrogen) atoms. The lowest BCUT2D eigenvalue weighted by molar-refractivity contribution is 0.490. The highest BCUT2D eigenvalue weighted by atomic mass is 32.2. The molecule has 0 fully saturated rings. The van der Waals surface area contributed by atoms with Gasteiger partial charge in [0.05, 0.1) is 5.03 Å². The Balaban J connectivity index is 2.77. The molecular weight excluding hydrogens is 240 g/mol. The first-order chi connectivity index (χ1) is 8.60. The summed E-state index contributed by atoms with van der Waals surface area (Å²) in [5.74, 6) is 0. The molecule has 0 bridgehead atoms. The summed E-state index contributed by atoms with van der Waals surface area (Å²) in [5.41, 5.74) is 2.42. The normalized spacial score (nSPS) is 14.5. The van der Waals surface area contributed by atoms with Gasteiger partial charge in [0.15, 0.2) is 0 Å². The molecule has 1 aromatic heterocycles. The molecule has 1 heterocycles. The van der Waals surface area contributed by atoms with Crippen molar-refractivity contribution < 1.29 is 0 Å². The zero-order valence-electron chi connectivity index (χ0n) is 12.3. The first-order valence-electron chi connectivity index (χ1n) is 6.89. The zero-order chi connectivity index (χ0) is 13.5. The van der Waals surface area contributed by atoms with Gasteiger partial charge in [0, 0.05) is 17.0 Å². The fraction of sp³-hybridized carbons (Fsp3) is 0.667. The lowest BCUT2D eigenvalue weighted by Crippen LogP contribution is -2.35. The van der Waals surface area contributed by atoms with Gasteiger partial charge in [-0.05, 0) is 51.4 Å². The Labute approximate surface area is 116 Å². The van der Waals surface area contributed by atoms with Crippen LogP contribution in [0.3, 0.4) is 0 Å². The van der Waals surface area contributed by atoms with Crippen LogP contribution < -0.4 is 5.32 Å². The Morgan fingerprint density at radius 3 is 2.50 bits per heavy atom. The van der Waals surface area contributed by atoms with Gasteiger partial charge in [0.2, 0.25) is 0 Å². The zero-order valence-corrected chi connectivity index (χ0v) is 13.1. The van der Waals surface area contributed by atoms with E-state index in [1.165, 1.54) is 24.8 Å². The van der Waals surface area contributed by atoms with Crippen LogP contribution >= 0.6 is 11.8 Å². The van der Waals surface area contributed by atoms with Crippen LogP contribution in [0.15, 0.2) is 17.2 Å². The first-order valence-corrected chi connectivity index (χ1v) is 7.77. The molecule has 0 amide bonds. The molecule has 2 unspecified atom stereocenters. The fourth-order valence-electron chi connectivity index (χ4n) is 2.30. The van der Waals surface area contributed by atoms with Crippen LogP contribution in [0.25, 0.3) is 0 Å². The van der Waals surface area contributed by atoms with Crippen molar-refractivity contribution in [3.8, 4) is 0 Å². The van der Waals surface area contributed by atoms with Gasteiger partial charge in [-0.3, -0.25) is 0 Å². The number of pyridine rings is 1. The van der Waals surface area contributed by atoms with Crippen molar-refractivity contribution in [2.75, 3.05) is 7.05 Å². The predicted molar refractivity (Wildman–Crippen MR) is 81.4 cm³/mol. The van der Waals surface area contributed by atoms with Crippen LogP contribution in [0.2, 0.25) is 0 Å². The fourth-order valence-corrected chi connectivity index (χ4v) is 3.66. The van der Waals surface area contributed by atoms with Crippen molar-refractivity contribution in [3.05, 3.63) is 23.4 Å². The Kier molecular flexibility index (Phi) is 6.72. The summed E-state index contributed by atoms with van der Waals surface area (Å²) in [6.07, 6.45) is 3.63. The Bertz CT molecular complexity index is 345. The van der Waals surface area contributed by atoms with E-state index in [9.17, 15) is 0 Å². The molecule has 1 rings (SSSR count). The number of aryl methyl sites for hydroxylation is 2. The predicted octanol–water partition coefficient (Wildman–Crippen LogP) is 3.96. The summed E-state index contributed by atoms with van der Waals surface area (Å²) in [4.78, 5) is 4.63. The Morgan fingerprint density at radius 2 is 2.00 bits per heavy atom. The lowest BCUT2D eigenvalue weighted by Gasteiger charge is -2.25. The minimum Gasteiger partial charge on any atom is -0.316 e. The van der Waals surface area contributed by atoms with Crippen molar-refractivity contribution in [1.29, 1.82) is 0 Å². The van der Waals surface area contributed by atoms with E-state index in [0.717, 1.165) is 10.7 Å². The molecule has 1 aromatic rings. The molecule has 0 aromatic carbocycles. The largest absolute Gasteiger partial charge is 0.316 e. The molecule has 0 saturated heterocycles. The van der Waals surface area contributed by atoms with Gasteiger partial charge < -0.3 is 5.32 Å². The van der Waals surface area contributed by atoms with Crippen LogP contribution in [0.1, 0.15) is 44.4 Å². The second kappa shape index (κ2) is 7.80. The average Bonchev–Trinajstić information content (AvgIpc) is 2.32. The van der Waals surface area contributed by atoms with Crippen molar-refractivity contribution >= 4 is 11.8 Å².